The van der Waals surface area contributed by atoms with E-state index in [1.54, 1.807) is 0 Å². The van der Waals surface area contributed by atoms with Crippen molar-refractivity contribution in [2.75, 3.05) is 0 Å². The third kappa shape index (κ3) is 3.28. The maximum absolute atomic E-state index is 10.8. The number of aliphatic carboxylic acids is 1. The van der Waals surface area contributed by atoms with E-state index in [-0.39, 0.29) is 0 Å². The summed E-state index contributed by atoms with van der Waals surface area (Å²) in [5, 5.41) is 10.7. The second-order valence-corrected chi connectivity index (χ2v) is 3.82. The van der Waals surface area contributed by atoms with Gasteiger partial charge < -0.3 is 10.4 Å². The van der Waals surface area contributed by atoms with Crippen molar-refractivity contribution < 1.29 is 14.7 Å². The smallest absolute Gasteiger partial charge is 0.328 e. The summed E-state index contributed by atoms with van der Waals surface area (Å²) in [6, 6.07) is 0. The van der Waals surface area contributed by atoms with Gasteiger partial charge in [0.15, 0.2) is 4.84 Å². The van der Waals surface area contributed by atoms with Gasteiger partial charge in [-0.2, -0.15) is 0 Å². The van der Waals surface area contributed by atoms with E-state index in [2.05, 4.69) is 5.32 Å². The minimum atomic E-state index is -1.35. The van der Waals surface area contributed by atoms with Gasteiger partial charge in [-0.25, -0.2) is 4.79 Å². The Kier molecular flexibility index (Phi) is 3.80. The fraction of sp³-hybridized carbons (Fsp3) is 0.667. The largest absolute Gasteiger partial charge is 0.480 e. The lowest BCUT2D eigenvalue weighted by Gasteiger charge is -2.20. The first-order valence-electron chi connectivity index (χ1n) is 3.11. The van der Waals surface area contributed by atoms with Crippen molar-refractivity contribution in [3.63, 3.8) is 0 Å². The zero-order chi connectivity index (χ0) is 9.94. The Balaban J connectivity index is 4.25. The molecule has 0 rings (SSSR count). The van der Waals surface area contributed by atoms with Gasteiger partial charge in [0.2, 0.25) is 0 Å². The molecule has 0 aliphatic carbocycles. The molecule has 0 heterocycles. The van der Waals surface area contributed by atoms with Crippen molar-refractivity contribution in [2.45, 2.75) is 24.2 Å². The molecule has 0 fully saturated rings. The molecule has 6 heteroatoms. The Morgan fingerprint density at radius 3 is 2.08 bits per heavy atom. The molecule has 0 saturated heterocycles. The Labute approximate surface area is 79.8 Å². The van der Waals surface area contributed by atoms with Gasteiger partial charge in [-0.05, 0) is 13.8 Å². The molecule has 0 saturated carbocycles. The molecule has 0 radical (unpaired) electrons. The summed E-state index contributed by atoms with van der Waals surface area (Å²) in [5.41, 5.74) is -1.35. The number of rotatable bonds is 3. The summed E-state index contributed by atoms with van der Waals surface area (Å²) >= 11 is 10.4. The van der Waals surface area contributed by atoms with Gasteiger partial charge in [0, 0.05) is 0 Å². The lowest BCUT2D eigenvalue weighted by atomic mass is 10.1. The van der Waals surface area contributed by atoms with E-state index in [0.717, 1.165) is 0 Å². The third-order valence-electron chi connectivity index (χ3n) is 1.17. The Morgan fingerprint density at radius 2 is 1.83 bits per heavy atom. The molecule has 4 nitrogen and oxygen atoms in total. The van der Waals surface area contributed by atoms with Crippen LogP contribution in [0.25, 0.3) is 0 Å². The molecular weight excluding hydrogens is 205 g/mol. The molecule has 0 atom stereocenters. The first-order valence-corrected chi connectivity index (χ1v) is 3.98. The lowest BCUT2D eigenvalue weighted by Crippen LogP contribution is -2.51. The highest BCUT2D eigenvalue weighted by molar-refractivity contribution is 6.53. The molecule has 2 N–H and O–H groups in total. The molecule has 0 unspecified atom stereocenters. The van der Waals surface area contributed by atoms with E-state index in [1.165, 1.54) is 13.8 Å². The molecule has 1 amide bonds. The standard InChI is InChI=1S/C6H9Cl2NO3/c1-6(2,5(11)12)9-4(10)3(7)8/h3H,1-2H3,(H,9,10)(H,11,12). The minimum Gasteiger partial charge on any atom is -0.480 e. The quantitative estimate of drug-likeness (QED) is 0.682. The first kappa shape index (κ1) is 11.5. The van der Waals surface area contributed by atoms with Crippen molar-refractivity contribution in [3.05, 3.63) is 0 Å². The number of carboxylic acid groups (broad SMARTS) is 1. The maximum atomic E-state index is 10.8. The second-order valence-electron chi connectivity index (χ2n) is 2.72. The van der Waals surface area contributed by atoms with Crippen molar-refractivity contribution >= 4 is 35.1 Å². The average molecular weight is 214 g/mol. The Morgan fingerprint density at radius 1 is 1.42 bits per heavy atom. The lowest BCUT2D eigenvalue weighted by molar-refractivity contribution is -0.145. The number of carboxylic acids is 1. The summed E-state index contributed by atoms with van der Waals surface area (Å²) < 4.78 is 0. The highest BCUT2D eigenvalue weighted by Gasteiger charge is 2.30. The molecule has 0 aliphatic rings. The monoisotopic (exact) mass is 213 g/mol. The Hall–Kier alpha value is -0.480. The van der Waals surface area contributed by atoms with Crippen LogP contribution in [0.5, 0.6) is 0 Å². The summed E-state index contributed by atoms with van der Waals surface area (Å²) in [6.07, 6.45) is 0. The molecular formula is C6H9Cl2NO3. The van der Waals surface area contributed by atoms with Crippen LogP contribution < -0.4 is 5.32 Å². The van der Waals surface area contributed by atoms with E-state index in [0.29, 0.717) is 0 Å². The zero-order valence-corrected chi connectivity index (χ0v) is 8.11. The third-order valence-corrected chi connectivity index (χ3v) is 1.56. The van der Waals surface area contributed by atoms with Gasteiger partial charge >= 0.3 is 5.97 Å². The average Bonchev–Trinajstić information content (AvgIpc) is 1.85. The van der Waals surface area contributed by atoms with E-state index < -0.39 is 22.3 Å². The molecule has 12 heavy (non-hydrogen) atoms. The number of carbonyl (C=O) groups is 2. The minimum absolute atomic E-state index is 0.717. The van der Waals surface area contributed by atoms with Crippen LogP contribution in [0, 0.1) is 0 Å². The number of amides is 1. The van der Waals surface area contributed by atoms with Crippen LogP contribution in [0.3, 0.4) is 0 Å². The van der Waals surface area contributed by atoms with Gasteiger partial charge in [-0.1, -0.05) is 23.2 Å². The van der Waals surface area contributed by atoms with Crippen LogP contribution in [0.15, 0.2) is 0 Å². The molecule has 0 aliphatic heterocycles. The van der Waals surface area contributed by atoms with Crippen molar-refractivity contribution in [2.24, 2.45) is 0 Å². The number of nitrogens with one attached hydrogen (secondary N) is 1. The van der Waals surface area contributed by atoms with E-state index in [9.17, 15) is 9.59 Å². The topological polar surface area (TPSA) is 66.4 Å². The Bertz CT molecular complexity index is 203. The second kappa shape index (κ2) is 3.96. The van der Waals surface area contributed by atoms with Gasteiger partial charge in [0.25, 0.3) is 5.91 Å². The molecule has 70 valence electrons. The first-order chi connectivity index (χ1) is 5.27. The van der Waals surface area contributed by atoms with E-state index in [4.69, 9.17) is 28.3 Å². The molecule has 0 aromatic carbocycles. The molecule has 0 aromatic rings. The number of hydrogen-bond acceptors (Lipinski definition) is 2. The fourth-order valence-electron chi connectivity index (χ4n) is 0.416. The van der Waals surface area contributed by atoms with Crippen LogP contribution >= 0.6 is 23.2 Å². The number of carbonyl (C=O) groups excluding carboxylic acids is 1. The summed E-state index contributed by atoms with van der Waals surface area (Å²) in [7, 11) is 0. The summed E-state index contributed by atoms with van der Waals surface area (Å²) in [4.78, 5) is 20.1. The normalized spacial score (nSPS) is 11.4. The summed E-state index contributed by atoms with van der Waals surface area (Å²) in [6.45, 7) is 2.67. The molecule has 0 bridgehead atoms. The van der Waals surface area contributed by atoms with Gasteiger partial charge in [-0.3, -0.25) is 4.79 Å². The number of alkyl halides is 2. The van der Waals surface area contributed by atoms with Crippen molar-refractivity contribution in [1.29, 1.82) is 0 Å². The highest BCUT2D eigenvalue weighted by atomic mass is 35.5. The van der Waals surface area contributed by atoms with Crippen LogP contribution in [-0.2, 0) is 9.59 Å². The number of halogens is 2. The highest BCUT2D eigenvalue weighted by Crippen LogP contribution is 2.06. The maximum Gasteiger partial charge on any atom is 0.328 e. The zero-order valence-electron chi connectivity index (χ0n) is 6.60. The van der Waals surface area contributed by atoms with Gasteiger partial charge in [-0.15, -0.1) is 0 Å². The van der Waals surface area contributed by atoms with Gasteiger partial charge in [0.1, 0.15) is 5.54 Å². The number of hydrogen-bond donors (Lipinski definition) is 2. The SMILES string of the molecule is CC(C)(NC(=O)C(Cl)Cl)C(=O)O. The molecule has 0 spiro atoms. The van der Waals surface area contributed by atoms with Crippen LogP contribution in [0.2, 0.25) is 0 Å². The van der Waals surface area contributed by atoms with Crippen molar-refractivity contribution in [1.82, 2.24) is 5.32 Å². The van der Waals surface area contributed by atoms with E-state index >= 15 is 0 Å². The fourth-order valence-corrected chi connectivity index (χ4v) is 0.525. The summed E-state index contributed by atoms with van der Waals surface area (Å²) in [5.74, 6) is -1.87. The predicted molar refractivity (Wildman–Crippen MR) is 45.4 cm³/mol. The molecule has 0 aromatic heterocycles. The van der Waals surface area contributed by atoms with Crippen LogP contribution in [0.1, 0.15) is 13.8 Å². The van der Waals surface area contributed by atoms with Gasteiger partial charge in [0.05, 0.1) is 0 Å². The van der Waals surface area contributed by atoms with E-state index in [1.807, 2.05) is 0 Å². The van der Waals surface area contributed by atoms with Crippen LogP contribution in [-0.4, -0.2) is 27.4 Å². The van der Waals surface area contributed by atoms with Crippen LogP contribution in [0.4, 0.5) is 0 Å². The van der Waals surface area contributed by atoms with Crippen molar-refractivity contribution in [3.8, 4) is 0 Å². The predicted octanol–water partition coefficient (Wildman–Crippen LogP) is 0.769.